The molecule has 0 saturated heterocycles. The fourth-order valence-electron chi connectivity index (χ4n) is 4.34. The molecule has 162 valence electrons. The van der Waals surface area contributed by atoms with Gasteiger partial charge in [-0.05, 0) is 42.0 Å². The number of nitrogens with zero attached hydrogens (tertiary/aromatic N) is 1. The number of amides is 2. The van der Waals surface area contributed by atoms with E-state index in [-0.39, 0.29) is 24.9 Å². The first-order valence-corrected chi connectivity index (χ1v) is 10.4. The molecule has 7 heteroatoms. The summed E-state index contributed by atoms with van der Waals surface area (Å²) in [6.07, 6.45) is 0.331. The number of carboxylic acids is 1. The number of carbonyl (C=O) groups excluding carboxylic acids is 2. The van der Waals surface area contributed by atoms with Crippen LogP contribution >= 0.6 is 0 Å². The molecule has 1 fully saturated rings. The average molecular weight is 422 g/mol. The van der Waals surface area contributed by atoms with E-state index in [1.54, 1.807) is 6.92 Å². The highest BCUT2D eigenvalue weighted by molar-refractivity contribution is 5.89. The van der Waals surface area contributed by atoms with E-state index in [0.717, 1.165) is 22.3 Å². The second-order valence-corrected chi connectivity index (χ2v) is 8.36. The van der Waals surface area contributed by atoms with Crippen molar-refractivity contribution in [2.75, 3.05) is 13.7 Å². The third-order valence-corrected chi connectivity index (χ3v) is 6.33. The Bertz CT molecular complexity index is 985. The van der Waals surface area contributed by atoms with Crippen molar-refractivity contribution in [3.8, 4) is 11.1 Å². The van der Waals surface area contributed by atoms with Gasteiger partial charge in [-0.15, -0.1) is 0 Å². The normalized spacial score (nSPS) is 16.6. The molecule has 1 atom stereocenters. The van der Waals surface area contributed by atoms with Crippen molar-refractivity contribution in [3.63, 3.8) is 0 Å². The number of aliphatic carboxylic acids is 1. The van der Waals surface area contributed by atoms with Gasteiger partial charge >= 0.3 is 12.1 Å². The van der Waals surface area contributed by atoms with Crippen LogP contribution in [0.4, 0.5) is 4.79 Å². The van der Waals surface area contributed by atoms with E-state index >= 15 is 0 Å². The van der Waals surface area contributed by atoms with Gasteiger partial charge in [-0.25, -0.2) is 9.59 Å². The number of likely N-dealkylation sites (N-methyl/N-ethyl adjacent to an activating group) is 1. The predicted octanol–water partition coefficient (Wildman–Crippen LogP) is 3.38. The molecule has 1 saturated carbocycles. The first-order chi connectivity index (χ1) is 14.8. The van der Waals surface area contributed by atoms with Crippen LogP contribution in [-0.4, -0.2) is 53.2 Å². The summed E-state index contributed by atoms with van der Waals surface area (Å²) in [4.78, 5) is 37.5. The molecule has 7 nitrogen and oxygen atoms in total. The molecule has 0 radical (unpaired) electrons. The fourth-order valence-corrected chi connectivity index (χ4v) is 4.34. The highest BCUT2D eigenvalue weighted by Gasteiger charge is 2.55. The van der Waals surface area contributed by atoms with Crippen LogP contribution in [0.1, 0.15) is 43.2 Å². The summed E-state index contributed by atoms with van der Waals surface area (Å²) in [5.74, 6) is -1.33. The largest absolute Gasteiger partial charge is 0.479 e. The third kappa shape index (κ3) is 3.87. The lowest BCUT2D eigenvalue weighted by molar-refractivity contribution is -0.151. The number of ether oxygens (including phenoxy) is 1. The zero-order chi connectivity index (χ0) is 22.2. The molecular formula is C24H26N2O5. The number of hydrogen-bond donors (Lipinski definition) is 2. The molecule has 0 unspecified atom stereocenters. The van der Waals surface area contributed by atoms with Gasteiger partial charge in [-0.2, -0.15) is 0 Å². The zero-order valence-corrected chi connectivity index (χ0v) is 17.6. The lowest BCUT2D eigenvalue weighted by atomic mass is 9.98. The molecule has 31 heavy (non-hydrogen) atoms. The number of rotatable bonds is 7. The number of carboxylic acid groups (broad SMARTS) is 1. The number of hydrogen-bond acceptors (Lipinski definition) is 4. The van der Waals surface area contributed by atoms with E-state index in [0.29, 0.717) is 12.8 Å². The number of benzene rings is 2. The van der Waals surface area contributed by atoms with Gasteiger partial charge in [-0.1, -0.05) is 48.5 Å². The maximum atomic E-state index is 12.4. The highest BCUT2D eigenvalue weighted by Crippen LogP contribution is 2.44. The lowest BCUT2D eigenvalue weighted by Crippen LogP contribution is -2.47. The summed E-state index contributed by atoms with van der Waals surface area (Å²) in [7, 11) is 1.50. The number of carbonyl (C=O) groups is 3. The van der Waals surface area contributed by atoms with Gasteiger partial charge in [0.2, 0.25) is 5.91 Å². The molecule has 2 N–H and O–H groups in total. The summed E-state index contributed by atoms with van der Waals surface area (Å²) in [5, 5.41) is 12.0. The van der Waals surface area contributed by atoms with Crippen LogP contribution in [0.2, 0.25) is 0 Å². The van der Waals surface area contributed by atoms with Gasteiger partial charge in [0.15, 0.2) is 0 Å². The first kappa shape index (κ1) is 20.9. The Morgan fingerprint density at radius 2 is 1.65 bits per heavy atom. The maximum Gasteiger partial charge on any atom is 0.407 e. The molecule has 2 aromatic rings. The van der Waals surface area contributed by atoms with Crippen molar-refractivity contribution in [2.45, 2.75) is 43.7 Å². The molecule has 0 heterocycles. The molecule has 4 rings (SSSR count). The summed E-state index contributed by atoms with van der Waals surface area (Å²) in [5.41, 5.74) is 3.48. The topological polar surface area (TPSA) is 95.9 Å². The minimum absolute atomic E-state index is 0.00965. The van der Waals surface area contributed by atoms with Crippen molar-refractivity contribution >= 4 is 18.0 Å². The summed E-state index contributed by atoms with van der Waals surface area (Å²) < 4.78 is 5.50. The van der Waals surface area contributed by atoms with Crippen LogP contribution in [0.5, 0.6) is 0 Å². The van der Waals surface area contributed by atoms with Crippen LogP contribution in [0, 0.1) is 0 Å². The molecule has 2 aliphatic rings. The Morgan fingerprint density at radius 1 is 1.10 bits per heavy atom. The van der Waals surface area contributed by atoms with Crippen LogP contribution in [0.15, 0.2) is 48.5 Å². The first-order valence-electron chi connectivity index (χ1n) is 10.4. The van der Waals surface area contributed by atoms with E-state index in [1.165, 1.54) is 11.9 Å². The molecule has 0 bridgehead atoms. The van der Waals surface area contributed by atoms with Gasteiger partial charge in [0, 0.05) is 25.4 Å². The van der Waals surface area contributed by atoms with Gasteiger partial charge in [0.25, 0.3) is 0 Å². The van der Waals surface area contributed by atoms with Crippen molar-refractivity contribution < 1.29 is 24.2 Å². The van der Waals surface area contributed by atoms with Gasteiger partial charge < -0.3 is 20.1 Å². The van der Waals surface area contributed by atoms with Crippen LogP contribution in [-0.2, 0) is 14.3 Å². The van der Waals surface area contributed by atoms with Crippen LogP contribution in [0.3, 0.4) is 0 Å². The van der Waals surface area contributed by atoms with Crippen molar-refractivity contribution in [2.24, 2.45) is 0 Å². The molecule has 0 spiro atoms. The van der Waals surface area contributed by atoms with E-state index in [2.05, 4.69) is 29.6 Å². The molecule has 0 aromatic heterocycles. The smallest absolute Gasteiger partial charge is 0.407 e. The van der Waals surface area contributed by atoms with E-state index < -0.39 is 23.6 Å². The number of alkyl carbamates (subject to hydrolysis) is 1. The van der Waals surface area contributed by atoms with Crippen molar-refractivity contribution in [1.82, 2.24) is 10.2 Å². The Hall–Kier alpha value is -3.35. The third-order valence-electron chi connectivity index (χ3n) is 6.33. The highest BCUT2D eigenvalue weighted by atomic mass is 16.5. The quantitative estimate of drug-likeness (QED) is 0.713. The standard InChI is InChI=1S/C24H26N2O5/c1-15(13-21(27)26(2)24(11-12-24)22(28)29)25-23(30)31-14-20-18-9-5-3-7-16(18)17-8-4-6-10-19(17)20/h3-10,15,20H,11-14H2,1-2H3,(H,25,30)(H,28,29)/t15-/m1/s1. The van der Waals surface area contributed by atoms with E-state index in [4.69, 9.17) is 4.74 Å². The fraction of sp³-hybridized carbons (Fsp3) is 0.375. The monoisotopic (exact) mass is 422 g/mol. The minimum Gasteiger partial charge on any atom is -0.479 e. The maximum absolute atomic E-state index is 12.4. The molecule has 2 aromatic carbocycles. The van der Waals surface area contributed by atoms with Gasteiger partial charge in [-0.3, -0.25) is 4.79 Å². The van der Waals surface area contributed by atoms with Gasteiger partial charge in [0.05, 0.1) is 0 Å². The second-order valence-electron chi connectivity index (χ2n) is 8.36. The second kappa shape index (κ2) is 8.06. The SMILES string of the molecule is C[C@H](CC(=O)N(C)C1(C(=O)O)CC1)NC(=O)OCC1c2ccccc2-c2ccccc21. The average Bonchev–Trinajstić information content (AvgIpc) is 3.50. The Kier molecular flexibility index (Phi) is 5.43. The zero-order valence-electron chi connectivity index (χ0n) is 17.6. The summed E-state index contributed by atoms with van der Waals surface area (Å²) in [6.45, 7) is 1.90. The lowest BCUT2D eigenvalue weighted by Gasteiger charge is -2.26. The Labute approximate surface area is 181 Å². The Morgan fingerprint density at radius 3 is 2.16 bits per heavy atom. The number of fused-ring (bicyclic) bond motifs is 3. The summed E-state index contributed by atoms with van der Waals surface area (Å²) >= 11 is 0. The van der Waals surface area contributed by atoms with Crippen LogP contribution < -0.4 is 5.32 Å². The minimum atomic E-state index is -1.08. The van der Waals surface area contributed by atoms with Gasteiger partial charge in [0.1, 0.15) is 12.1 Å². The molecule has 2 aliphatic carbocycles. The van der Waals surface area contributed by atoms with Crippen molar-refractivity contribution in [3.05, 3.63) is 59.7 Å². The number of nitrogens with one attached hydrogen (secondary N) is 1. The molecule has 0 aliphatic heterocycles. The van der Waals surface area contributed by atoms with E-state index in [9.17, 15) is 19.5 Å². The van der Waals surface area contributed by atoms with Crippen molar-refractivity contribution in [1.29, 1.82) is 0 Å². The predicted molar refractivity (Wildman–Crippen MR) is 115 cm³/mol. The van der Waals surface area contributed by atoms with E-state index in [1.807, 2.05) is 24.3 Å². The Balaban J connectivity index is 1.33. The summed E-state index contributed by atoms with van der Waals surface area (Å²) in [6, 6.07) is 15.7. The molecule has 2 amide bonds. The van der Waals surface area contributed by atoms with Crippen LogP contribution in [0.25, 0.3) is 11.1 Å². The molecular weight excluding hydrogens is 396 g/mol.